The van der Waals surface area contributed by atoms with Crippen molar-refractivity contribution >= 4 is 17.5 Å². The summed E-state index contributed by atoms with van der Waals surface area (Å²) in [6, 6.07) is 7.97. The van der Waals surface area contributed by atoms with Crippen LogP contribution >= 0.6 is 0 Å². The molecule has 6 heteroatoms. The van der Waals surface area contributed by atoms with Gasteiger partial charge in [0.05, 0.1) is 5.56 Å². The van der Waals surface area contributed by atoms with Gasteiger partial charge < -0.3 is 14.7 Å². The standard InChI is InChI=1S/C20H27N5O/c1-4-23-9-11-24(12-10-23)20-21-14-17(15-22-20)19(26)25(5-2)18-8-6-7-16(3)13-18/h6-8,13-15H,4-5,9-12H2,1-3H3. The number of piperazine rings is 1. The second-order valence-electron chi connectivity index (χ2n) is 6.58. The Hall–Kier alpha value is -2.47. The Kier molecular flexibility index (Phi) is 5.83. The summed E-state index contributed by atoms with van der Waals surface area (Å²) in [5, 5.41) is 0. The molecule has 1 saturated heterocycles. The minimum absolute atomic E-state index is 0.0690. The fourth-order valence-electron chi connectivity index (χ4n) is 3.25. The molecule has 2 heterocycles. The van der Waals surface area contributed by atoms with Crippen molar-refractivity contribution in [1.82, 2.24) is 14.9 Å². The lowest BCUT2D eigenvalue weighted by atomic mass is 10.2. The maximum atomic E-state index is 12.9. The van der Waals surface area contributed by atoms with Crippen LogP contribution < -0.4 is 9.80 Å². The van der Waals surface area contributed by atoms with Gasteiger partial charge in [-0.05, 0) is 38.1 Å². The summed E-state index contributed by atoms with van der Waals surface area (Å²) in [6.07, 6.45) is 3.30. The van der Waals surface area contributed by atoms with Crippen molar-refractivity contribution in [3.63, 3.8) is 0 Å². The highest BCUT2D eigenvalue weighted by atomic mass is 16.2. The molecule has 1 aliphatic rings. The Labute approximate surface area is 155 Å². The summed E-state index contributed by atoms with van der Waals surface area (Å²) < 4.78 is 0. The van der Waals surface area contributed by atoms with Crippen molar-refractivity contribution in [3.8, 4) is 0 Å². The summed E-state index contributed by atoms with van der Waals surface area (Å²) >= 11 is 0. The second kappa shape index (κ2) is 8.27. The first kappa shape index (κ1) is 18.3. The number of amides is 1. The van der Waals surface area contributed by atoms with Crippen LogP contribution in [0.4, 0.5) is 11.6 Å². The molecule has 0 bridgehead atoms. The third-order valence-corrected chi connectivity index (χ3v) is 4.86. The van der Waals surface area contributed by atoms with Gasteiger partial charge in [0.15, 0.2) is 0 Å². The number of rotatable bonds is 5. The lowest BCUT2D eigenvalue weighted by Crippen LogP contribution is -2.46. The number of aromatic nitrogens is 2. The molecule has 0 aliphatic carbocycles. The normalized spacial score (nSPS) is 15.1. The van der Waals surface area contributed by atoms with Crippen molar-refractivity contribution in [2.45, 2.75) is 20.8 Å². The zero-order valence-electron chi connectivity index (χ0n) is 15.9. The lowest BCUT2D eigenvalue weighted by molar-refractivity contribution is 0.0987. The topological polar surface area (TPSA) is 52.6 Å². The van der Waals surface area contributed by atoms with Gasteiger partial charge in [-0.2, -0.15) is 0 Å². The number of hydrogen-bond acceptors (Lipinski definition) is 5. The molecule has 0 N–H and O–H groups in total. The van der Waals surface area contributed by atoms with E-state index in [1.165, 1.54) is 0 Å². The van der Waals surface area contributed by atoms with Crippen LogP contribution in [0.3, 0.4) is 0 Å². The Morgan fingerprint density at radius 1 is 1.12 bits per heavy atom. The number of hydrogen-bond donors (Lipinski definition) is 0. The molecule has 138 valence electrons. The van der Waals surface area contributed by atoms with Gasteiger partial charge in [-0.25, -0.2) is 9.97 Å². The first-order valence-corrected chi connectivity index (χ1v) is 9.30. The molecule has 6 nitrogen and oxygen atoms in total. The maximum Gasteiger partial charge on any atom is 0.261 e. The van der Waals surface area contributed by atoms with Gasteiger partial charge in [0.25, 0.3) is 5.91 Å². The first-order valence-electron chi connectivity index (χ1n) is 9.30. The highest BCUT2D eigenvalue weighted by molar-refractivity contribution is 6.05. The molecular weight excluding hydrogens is 326 g/mol. The molecule has 0 radical (unpaired) electrons. The molecule has 0 saturated carbocycles. The molecule has 1 aromatic heterocycles. The number of nitrogens with zero attached hydrogens (tertiary/aromatic N) is 5. The van der Waals surface area contributed by atoms with E-state index in [0.717, 1.165) is 44.0 Å². The molecule has 3 rings (SSSR count). The predicted octanol–water partition coefficient (Wildman–Crippen LogP) is 2.59. The van der Waals surface area contributed by atoms with Gasteiger partial charge in [0, 0.05) is 50.8 Å². The van der Waals surface area contributed by atoms with Crippen LogP contribution in [0.1, 0.15) is 29.8 Å². The maximum absolute atomic E-state index is 12.9. The Morgan fingerprint density at radius 3 is 2.38 bits per heavy atom. The highest BCUT2D eigenvalue weighted by Gasteiger charge is 2.20. The average Bonchev–Trinajstić information content (AvgIpc) is 2.69. The van der Waals surface area contributed by atoms with Crippen molar-refractivity contribution in [2.75, 3.05) is 49.1 Å². The van der Waals surface area contributed by atoms with Crippen molar-refractivity contribution in [2.24, 2.45) is 0 Å². The fraction of sp³-hybridized carbons (Fsp3) is 0.450. The van der Waals surface area contributed by atoms with Gasteiger partial charge >= 0.3 is 0 Å². The van der Waals surface area contributed by atoms with Crippen LogP contribution in [0.15, 0.2) is 36.7 Å². The molecule has 26 heavy (non-hydrogen) atoms. The minimum Gasteiger partial charge on any atom is -0.338 e. The van der Waals surface area contributed by atoms with E-state index in [9.17, 15) is 4.79 Å². The molecule has 0 spiro atoms. The van der Waals surface area contributed by atoms with Crippen LogP contribution in [-0.4, -0.2) is 60.0 Å². The SMILES string of the molecule is CCN1CCN(c2ncc(C(=O)N(CC)c3cccc(C)c3)cn2)CC1. The lowest BCUT2D eigenvalue weighted by Gasteiger charge is -2.34. The monoisotopic (exact) mass is 353 g/mol. The van der Waals surface area contributed by atoms with Gasteiger partial charge in [0.2, 0.25) is 5.95 Å². The summed E-state index contributed by atoms with van der Waals surface area (Å²) in [6.45, 7) is 11.8. The zero-order valence-corrected chi connectivity index (χ0v) is 15.9. The van der Waals surface area contributed by atoms with Crippen molar-refractivity contribution < 1.29 is 4.79 Å². The molecule has 1 fully saturated rings. The van der Waals surface area contributed by atoms with E-state index < -0.39 is 0 Å². The van der Waals surface area contributed by atoms with E-state index in [-0.39, 0.29) is 5.91 Å². The van der Waals surface area contributed by atoms with Gasteiger partial charge in [0.1, 0.15) is 0 Å². The van der Waals surface area contributed by atoms with Gasteiger partial charge in [-0.15, -0.1) is 0 Å². The zero-order chi connectivity index (χ0) is 18.5. The summed E-state index contributed by atoms with van der Waals surface area (Å²) in [5.41, 5.74) is 2.55. The number of aryl methyl sites for hydroxylation is 1. The molecule has 2 aromatic rings. The van der Waals surface area contributed by atoms with Crippen LogP contribution in [0.5, 0.6) is 0 Å². The van der Waals surface area contributed by atoms with E-state index in [1.807, 2.05) is 38.1 Å². The minimum atomic E-state index is -0.0690. The quantitative estimate of drug-likeness (QED) is 0.827. The number of anilines is 2. The summed E-state index contributed by atoms with van der Waals surface area (Å²) in [7, 11) is 0. The molecule has 1 aromatic carbocycles. The number of carbonyl (C=O) groups is 1. The first-order chi connectivity index (χ1) is 12.6. The summed E-state index contributed by atoms with van der Waals surface area (Å²) in [5.74, 6) is 0.636. The molecule has 1 aliphatic heterocycles. The van der Waals surface area contributed by atoms with Crippen molar-refractivity contribution in [1.29, 1.82) is 0 Å². The Balaban J connectivity index is 1.72. The molecule has 1 amide bonds. The van der Waals surface area contributed by atoms with Crippen molar-refractivity contribution in [3.05, 3.63) is 47.8 Å². The third-order valence-electron chi connectivity index (χ3n) is 4.86. The average molecular weight is 353 g/mol. The van der Waals surface area contributed by atoms with Crippen LogP contribution in [-0.2, 0) is 0 Å². The van der Waals surface area contributed by atoms with Crippen LogP contribution in [0.2, 0.25) is 0 Å². The van der Waals surface area contributed by atoms with Crippen LogP contribution in [0, 0.1) is 6.92 Å². The second-order valence-corrected chi connectivity index (χ2v) is 6.58. The largest absolute Gasteiger partial charge is 0.338 e. The summed E-state index contributed by atoms with van der Waals surface area (Å²) in [4.78, 5) is 28.1. The van der Waals surface area contributed by atoms with Gasteiger partial charge in [-0.3, -0.25) is 4.79 Å². The highest BCUT2D eigenvalue weighted by Crippen LogP contribution is 2.19. The van der Waals surface area contributed by atoms with Crippen LogP contribution in [0.25, 0.3) is 0 Å². The molecule has 0 atom stereocenters. The van der Waals surface area contributed by atoms with E-state index in [1.54, 1.807) is 17.3 Å². The van der Waals surface area contributed by atoms with E-state index in [4.69, 9.17) is 0 Å². The molecule has 0 unspecified atom stereocenters. The molecular formula is C20H27N5O. The van der Waals surface area contributed by atoms with E-state index in [2.05, 4.69) is 26.7 Å². The number of likely N-dealkylation sites (N-methyl/N-ethyl adjacent to an activating group) is 1. The fourth-order valence-corrected chi connectivity index (χ4v) is 3.25. The Bertz CT molecular complexity index is 738. The Morgan fingerprint density at radius 2 is 1.81 bits per heavy atom. The third kappa shape index (κ3) is 4.02. The van der Waals surface area contributed by atoms with E-state index >= 15 is 0 Å². The number of carbonyl (C=O) groups excluding carboxylic acids is 1. The predicted molar refractivity (Wildman–Crippen MR) is 105 cm³/mol. The smallest absolute Gasteiger partial charge is 0.261 e. The number of benzene rings is 1. The van der Waals surface area contributed by atoms with Gasteiger partial charge in [-0.1, -0.05) is 19.1 Å². The van der Waals surface area contributed by atoms with E-state index in [0.29, 0.717) is 18.1 Å².